The van der Waals surface area contributed by atoms with Crippen molar-refractivity contribution in [2.24, 2.45) is 5.73 Å². The third-order valence-electron chi connectivity index (χ3n) is 0.828. The first-order chi connectivity index (χ1) is 6.31. The lowest BCUT2D eigenvalue weighted by molar-refractivity contribution is -0.142. The van der Waals surface area contributed by atoms with Crippen molar-refractivity contribution in [2.75, 3.05) is 6.54 Å². The number of rotatable bonds is 4. The predicted octanol–water partition coefficient (Wildman–Crippen LogP) is -1.13. The molecule has 0 heterocycles. The number of carbonyl (C=O) groups is 3. The highest BCUT2D eigenvalue weighted by molar-refractivity contribution is 7.81. The van der Waals surface area contributed by atoms with Crippen molar-refractivity contribution < 1.29 is 29.7 Å². The summed E-state index contributed by atoms with van der Waals surface area (Å²) in [4.78, 5) is 28.9. The fourth-order valence-electron chi connectivity index (χ4n) is 0.253. The summed E-state index contributed by atoms with van der Waals surface area (Å²) in [6.07, 6.45) is -0.446. The molecule has 1 atom stereocenters. The number of aliphatic carboxylic acids is 3. The Kier molecular flexibility index (Phi) is 9.04. The Bertz CT molecular complexity index is 218. The highest BCUT2D eigenvalue weighted by atomic mass is 32.1. The van der Waals surface area contributed by atoms with Gasteiger partial charge in [-0.3, -0.25) is 14.4 Å². The molecule has 0 fully saturated rings. The third-order valence-corrected chi connectivity index (χ3v) is 1.23. The maximum absolute atomic E-state index is 9.90. The first kappa shape index (κ1) is 15.2. The van der Waals surface area contributed by atoms with E-state index in [0.29, 0.717) is 0 Å². The van der Waals surface area contributed by atoms with Crippen LogP contribution in [0.1, 0.15) is 6.42 Å². The standard InChI is InChI=1S/C4H6O4S.C2H5NO2/c5-3(6)1-2(9)4(7)8;3-1-2(4)5/h2,9H,1H2,(H,5,6)(H,7,8);1,3H2,(H,4,5). The lowest BCUT2D eigenvalue weighted by atomic mass is 10.3. The van der Waals surface area contributed by atoms with Gasteiger partial charge in [-0.1, -0.05) is 0 Å². The smallest absolute Gasteiger partial charge is 0.317 e. The molecule has 0 aliphatic carbocycles. The van der Waals surface area contributed by atoms with E-state index in [2.05, 4.69) is 18.4 Å². The van der Waals surface area contributed by atoms with E-state index in [-0.39, 0.29) is 6.54 Å². The zero-order valence-electron chi connectivity index (χ0n) is 7.08. The summed E-state index contributed by atoms with van der Waals surface area (Å²) in [6.45, 7) is -0.278. The fraction of sp³-hybridized carbons (Fsp3) is 0.500. The SMILES string of the molecule is NCC(=O)O.O=C(O)CC(S)C(=O)O. The van der Waals surface area contributed by atoms with Crippen molar-refractivity contribution >= 4 is 30.5 Å². The maximum atomic E-state index is 9.90. The Hall–Kier alpha value is -1.28. The van der Waals surface area contributed by atoms with Crippen LogP contribution in [0.5, 0.6) is 0 Å². The highest BCUT2D eigenvalue weighted by Crippen LogP contribution is 1.99. The molecule has 0 aliphatic rings. The van der Waals surface area contributed by atoms with Gasteiger partial charge in [-0.05, 0) is 0 Å². The minimum Gasteiger partial charge on any atom is -0.481 e. The largest absolute Gasteiger partial charge is 0.481 e. The normalized spacial score (nSPS) is 10.7. The topological polar surface area (TPSA) is 138 Å². The monoisotopic (exact) mass is 225 g/mol. The fourth-order valence-corrected chi connectivity index (χ4v) is 0.409. The molecule has 1 unspecified atom stereocenters. The van der Waals surface area contributed by atoms with Crippen LogP contribution in [0, 0.1) is 0 Å². The molecule has 0 saturated carbocycles. The van der Waals surface area contributed by atoms with Crippen LogP contribution in [-0.2, 0) is 14.4 Å². The van der Waals surface area contributed by atoms with Crippen molar-refractivity contribution in [3.05, 3.63) is 0 Å². The van der Waals surface area contributed by atoms with Gasteiger partial charge in [0.05, 0.1) is 13.0 Å². The molecule has 0 saturated heterocycles. The Morgan fingerprint density at radius 2 is 1.50 bits per heavy atom. The molecule has 0 spiro atoms. The minimum atomic E-state index is -1.21. The number of carboxylic acid groups (broad SMARTS) is 3. The van der Waals surface area contributed by atoms with E-state index < -0.39 is 29.6 Å². The quantitative estimate of drug-likeness (QED) is 0.382. The summed E-state index contributed by atoms with van der Waals surface area (Å²) >= 11 is 3.48. The van der Waals surface area contributed by atoms with Crippen LogP contribution in [0.4, 0.5) is 0 Å². The van der Waals surface area contributed by atoms with Gasteiger partial charge in [-0.15, -0.1) is 0 Å². The number of nitrogens with two attached hydrogens (primary N) is 1. The Labute approximate surface area is 84.9 Å². The van der Waals surface area contributed by atoms with Gasteiger partial charge in [0.1, 0.15) is 5.25 Å². The Morgan fingerprint density at radius 3 is 1.57 bits per heavy atom. The average molecular weight is 225 g/mol. The molecule has 5 N–H and O–H groups in total. The summed E-state index contributed by atoms with van der Waals surface area (Å²) in [5.74, 6) is -3.33. The third kappa shape index (κ3) is 13.3. The molecule has 0 aromatic carbocycles. The number of thiol groups is 1. The van der Waals surface area contributed by atoms with Crippen LogP contribution >= 0.6 is 12.6 Å². The molecule has 7 nitrogen and oxygen atoms in total. The average Bonchev–Trinajstić information content (AvgIpc) is 2.04. The van der Waals surface area contributed by atoms with Crippen molar-refractivity contribution in [1.29, 1.82) is 0 Å². The number of hydrogen-bond donors (Lipinski definition) is 5. The molecule has 82 valence electrons. The van der Waals surface area contributed by atoms with E-state index in [1.807, 2.05) is 0 Å². The van der Waals surface area contributed by atoms with Gasteiger partial charge in [0.2, 0.25) is 0 Å². The zero-order chi connectivity index (χ0) is 11.7. The van der Waals surface area contributed by atoms with E-state index >= 15 is 0 Å². The summed E-state index contributed by atoms with van der Waals surface area (Å²) in [5.41, 5.74) is 4.57. The molecule has 0 aliphatic heterocycles. The minimum absolute atomic E-state index is 0.278. The molecular formula is C6H11NO6S. The van der Waals surface area contributed by atoms with Crippen LogP contribution < -0.4 is 5.73 Å². The summed E-state index contributed by atoms with van der Waals surface area (Å²) in [5, 5.41) is 22.6. The van der Waals surface area contributed by atoms with Crippen LogP contribution in [0.15, 0.2) is 0 Å². The molecule has 0 amide bonds. The van der Waals surface area contributed by atoms with E-state index in [4.69, 9.17) is 15.3 Å². The van der Waals surface area contributed by atoms with Crippen molar-refractivity contribution in [3.8, 4) is 0 Å². The van der Waals surface area contributed by atoms with Crippen LogP contribution in [-0.4, -0.2) is 45.0 Å². The predicted molar refractivity (Wildman–Crippen MR) is 49.4 cm³/mol. The van der Waals surface area contributed by atoms with Crippen molar-refractivity contribution in [1.82, 2.24) is 0 Å². The summed E-state index contributed by atoms with van der Waals surface area (Å²) in [7, 11) is 0. The molecule has 0 radical (unpaired) electrons. The van der Waals surface area contributed by atoms with Gasteiger partial charge in [0.15, 0.2) is 0 Å². The first-order valence-electron chi connectivity index (χ1n) is 3.35. The van der Waals surface area contributed by atoms with Gasteiger partial charge >= 0.3 is 17.9 Å². The molecular weight excluding hydrogens is 214 g/mol. The highest BCUT2D eigenvalue weighted by Gasteiger charge is 2.14. The van der Waals surface area contributed by atoms with Gasteiger partial charge in [0, 0.05) is 0 Å². The van der Waals surface area contributed by atoms with E-state index in [0.717, 1.165) is 0 Å². The second-order valence-corrected chi connectivity index (χ2v) is 2.67. The molecule has 0 aromatic rings. The Balaban J connectivity index is 0. The van der Waals surface area contributed by atoms with Gasteiger partial charge in [-0.2, -0.15) is 12.6 Å². The molecule has 0 rings (SSSR count). The van der Waals surface area contributed by atoms with Crippen molar-refractivity contribution in [3.63, 3.8) is 0 Å². The molecule has 14 heavy (non-hydrogen) atoms. The number of hydrogen-bond acceptors (Lipinski definition) is 5. The lowest BCUT2D eigenvalue weighted by Crippen LogP contribution is -2.17. The van der Waals surface area contributed by atoms with Gasteiger partial charge in [0.25, 0.3) is 0 Å². The summed E-state index contributed by atoms with van der Waals surface area (Å²) < 4.78 is 0. The van der Waals surface area contributed by atoms with Crippen LogP contribution in [0.25, 0.3) is 0 Å². The Morgan fingerprint density at radius 1 is 1.14 bits per heavy atom. The molecule has 0 bridgehead atoms. The lowest BCUT2D eigenvalue weighted by Gasteiger charge is -1.97. The van der Waals surface area contributed by atoms with Gasteiger partial charge < -0.3 is 21.1 Å². The second kappa shape index (κ2) is 8.32. The molecule has 0 aromatic heterocycles. The molecule has 8 heteroatoms. The number of carboxylic acids is 3. The maximum Gasteiger partial charge on any atom is 0.317 e. The van der Waals surface area contributed by atoms with Crippen molar-refractivity contribution in [2.45, 2.75) is 11.7 Å². The van der Waals surface area contributed by atoms with Gasteiger partial charge in [-0.25, -0.2) is 0 Å². The summed E-state index contributed by atoms with van der Waals surface area (Å²) in [6, 6.07) is 0. The van der Waals surface area contributed by atoms with E-state index in [9.17, 15) is 14.4 Å². The van der Waals surface area contributed by atoms with Crippen LogP contribution in [0.2, 0.25) is 0 Å². The first-order valence-corrected chi connectivity index (χ1v) is 3.87. The zero-order valence-corrected chi connectivity index (χ0v) is 7.98. The van der Waals surface area contributed by atoms with E-state index in [1.54, 1.807) is 0 Å². The van der Waals surface area contributed by atoms with Crippen LogP contribution in [0.3, 0.4) is 0 Å². The second-order valence-electron chi connectivity index (χ2n) is 2.05. The van der Waals surface area contributed by atoms with E-state index in [1.165, 1.54) is 0 Å².